The van der Waals surface area contributed by atoms with Crippen LogP contribution in [0.2, 0.25) is 0 Å². The zero-order valence-electron chi connectivity index (χ0n) is 15.0. The van der Waals surface area contributed by atoms with Crippen molar-refractivity contribution in [3.05, 3.63) is 71.1 Å². The Labute approximate surface area is 154 Å². The molecular formula is C19H17F2N5O. The Morgan fingerprint density at radius 1 is 1.15 bits per heavy atom. The number of carbonyl (C=O) groups excluding carboxylic acids is 1. The topological polar surface area (TPSA) is 72.7 Å². The Morgan fingerprint density at radius 3 is 2.48 bits per heavy atom. The lowest BCUT2D eigenvalue weighted by Crippen LogP contribution is -2.10. The molecule has 3 rings (SSSR count). The van der Waals surface area contributed by atoms with Crippen LogP contribution >= 0.6 is 0 Å². The van der Waals surface area contributed by atoms with Crippen LogP contribution in [-0.4, -0.2) is 25.4 Å². The summed E-state index contributed by atoms with van der Waals surface area (Å²) >= 11 is 0. The summed E-state index contributed by atoms with van der Waals surface area (Å²) in [6.45, 7) is 5.68. The van der Waals surface area contributed by atoms with Crippen LogP contribution in [-0.2, 0) is 4.79 Å². The molecule has 0 bridgehead atoms. The molecule has 0 spiro atoms. The first kappa shape index (κ1) is 18.4. The minimum Gasteiger partial charge on any atom is -0.320 e. The Morgan fingerprint density at radius 2 is 1.85 bits per heavy atom. The molecule has 0 radical (unpaired) electrons. The highest BCUT2D eigenvalue weighted by Crippen LogP contribution is 2.15. The highest BCUT2D eigenvalue weighted by Gasteiger charge is 2.11. The molecule has 1 N–H and O–H groups in total. The van der Waals surface area contributed by atoms with Crippen LogP contribution in [0.3, 0.4) is 0 Å². The van der Waals surface area contributed by atoms with Crippen LogP contribution in [0.1, 0.15) is 22.8 Å². The number of hydrogen-bond acceptors (Lipinski definition) is 4. The van der Waals surface area contributed by atoms with E-state index in [0.717, 1.165) is 41.5 Å². The molecule has 2 heterocycles. The lowest BCUT2D eigenvalue weighted by molar-refractivity contribution is -0.111. The number of amides is 1. The number of anilines is 1. The third-order valence-corrected chi connectivity index (χ3v) is 3.99. The number of aromatic nitrogens is 4. The lowest BCUT2D eigenvalue weighted by Gasteiger charge is -2.07. The van der Waals surface area contributed by atoms with E-state index in [0.29, 0.717) is 11.6 Å². The second-order valence-electron chi connectivity index (χ2n) is 5.93. The van der Waals surface area contributed by atoms with Gasteiger partial charge < -0.3 is 5.32 Å². The van der Waals surface area contributed by atoms with Gasteiger partial charge in [-0.3, -0.25) is 9.36 Å². The van der Waals surface area contributed by atoms with Crippen LogP contribution in [0.15, 0.2) is 36.7 Å². The number of nitrogens with zero attached hydrogens (tertiary/aromatic N) is 4. The molecule has 0 aliphatic carbocycles. The fraction of sp³-hybridized carbons (Fsp3) is 0.158. The predicted molar refractivity (Wildman–Crippen MR) is 97.4 cm³/mol. The summed E-state index contributed by atoms with van der Waals surface area (Å²) < 4.78 is 28.5. The van der Waals surface area contributed by atoms with E-state index in [1.807, 2.05) is 25.3 Å². The van der Waals surface area contributed by atoms with Gasteiger partial charge in [-0.2, -0.15) is 0 Å². The Hall–Kier alpha value is -3.42. The van der Waals surface area contributed by atoms with Crippen molar-refractivity contribution in [1.29, 1.82) is 0 Å². The minimum atomic E-state index is -0.616. The summed E-state index contributed by atoms with van der Waals surface area (Å²) in [6.07, 6.45) is 5.24. The van der Waals surface area contributed by atoms with Crippen LogP contribution in [0.25, 0.3) is 12.0 Å². The van der Waals surface area contributed by atoms with Gasteiger partial charge in [0.1, 0.15) is 17.5 Å². The van der Waals surface area contributed by atoms with Crippen molar-refractivity contribution in [2.75, 3.05) is 5.32 Å². The van der Waals surface area contributed by atoms with Gasteiger partial charge in [0, 0.05) is 17.3 Å². The first-order chi connectivity index (χ1) is 12.8. The van der Waals surface area contributed by atoms with E-state index in [2.05, 4.69) is 20.3 Å². The Kier molecular flexibility index (Phi) is 5.07. The van der Waals surface area contributed by atoms with E-state index in [1.165, 1.54) is 18.5 Å². The molecule has 0 fully saturated rings. The molecule has 0 unspecified atom stereocenters. The maximum Gasteiger partial charge on any atom is 0.248 e. The number of aryl methyl sites for hydroxylation is 2. The van der Waals surface area contributed by atoms with Crippen molar-refractivity contribution in [2.24, 2.45) is 0 Å². The van der Waals surface area contributed by atoms with Gasteiger partial charge in [0.25, 0.3) is 0 Å². The smallest absolute Gasteiger partial charge is 0.248 e. The maximum atomic E-state index is 13.5. The SMILES string of the molecule is Cc1nc(C)n(-c2ncc(NC(=O)/C=C/c3cc(F)ccc3F)cn2)c1C. The van der Waals surface area contributed by atoms with Crippen LogP contribution < -0.4 is 5.32 Å². The average Bonchev–Trinajstić information content (AvgIpc) is 2.89. The van der Waals surface area contributed by atoms with E-state index in [9.17, 15) is 13.6 Å². The van der Waals surface area contributed by atoms with E-state index < -0.39 is 17.5 Å². The van der Waals surface area contributed by atoms with E-state index in [-0.39, 0.29) is 5.56 Å². The molecule has 27 heavy (non-hydrogen) atoms. The van der Waals surface area contributed by atoms with Crippen LogP contribution in [0, 0.1) is 32.4 Å². The predicted octanol–water partition coefficient (Wildman–Crippen LogP) is 3.52. The van der Waals surface area contributed by atoms with Crippen molar-refractivity contribution in [3.8, 4) is 5.95 Å². The standard InChI is InChI=1S/C19H17F2N5O/c1-11-12(2)26(13(3)24-11)19-22-9-16(10-23-19)25-18(27)7-4-14-8-15(20)5-6-17(14)21/h4-10H,1-3H3,(H,25,27)/b7-4+. The summed E-state index contributed by atoms with van der Waals surface area (Å²) in [5.74, 6) is -0.501. The van der Waals surface area contributed by atoms with Crippen molar-refractivity contribution < 1.29 is 13.6 Å². The van der Waals surface area contributed by atoms with Gasteiger partial charge in [0.05, 0.1) is 23.8 Å². The number of benzene rings is 1. The minimum absolute atomic E-state index is 0.0156. The zero-order valence-corrected chi connectivity index (χ0v) is 15.0. The first-order valence-electron chi connectivity index (χ1n) is 8.14. The largest absolute Gasteiger partial charge is 0.320 e. The fourth-order valence-electron chi connectivity index (χ4n) is 2.57. The van der Waals surface area contributed by atoms with E-state index in [1.54, 1.807) is 0 Å². The lowest BCUT2D eigenvalue weighted by atomic mass is 10.2. The zero-order chi connectivity index (χ0) is 19.6. The average molecular weight is 369 g/mol. The first-order valence-corrected chi connectivity index (χ1v) is 8.14. The number of halogens is 2. The van der Waals surface area contributed by atoms with Gasteiger partial charge in [-0.25, -0.2) is 23.7 Å². The number of rotatable bonds is 4. The number of carbonyl (C=O) groups is 1. The van der Waals surface area contributed by atoms with Gasteiger partial charge in [-0.05, 0) is 45.0 Å². The number of hydrogen-bond donors (Lipinski definition) is 1. The summed E-state index contributed by atoms with van der Waals surface area (Å²) in [5.41, 5.74) is 2.19. The molecule has 2 aromatic heterocycles. The van der Waals surface area contributed by atoms with Crippen molar-refractivity contribution in [3.63, 3.8) is 0 Å². The van der Waals surface area contributed by atoms with Crippen molar-refractivity contribution in [1.82, 2.24) is 19.5 Å². The molecule has 0 atom stereocenters. The fourth-order valence-corrected chi connectivity index (χ4v) is 2.57. The molecule has 0 aliphatic rings. The second-order valence-corrected chi connectivity index (χ2v) is 5.93. The van der Waals surface area contributed by atoms with Gasteiger partial charge in [0.2, 0.25) is 11.9 Å². The summed E-state index contributed by atoms with van der Waals surface area (Å²) in [5, 5.41) is 2.57. The maximum absolute atomic E-state index is 13.5. The van der Waals surface area contributed by atoms with Crippen LogP contribution in [0.5, 0.6) is 0 Å². The van der Waals surface area contributed by atoms with Crippen LogP contribution in [0.4, 0.5) is 14.5 Å². The van der Waals surface area contributed by atoms with Gasteiger partial charge in [-0.15, -0.1) is 0 Å². The van der Waals surface area contributed by atoms with E-state index >= 15 is 0 Å². The molecule has 1 amide bonds. The van der Waals surface area contributed by atoms with Gasteiger partial charge in [0.15, 0.2) is 0 Å². The third-order valence-electron chi connectivity index (χ3n) is 3.99. The molecule has 0 saturated heterocycles. The Balaban J connectivity index is 1.72. The van der Waals surface area contributed by atoms with Crippen molar-refractivity contribution in [2.45, 2.75) is 20.8 Å². The molecule has 0 aliphatic heterocycles. The summed E-state index contributed by atoms with van der Waals surface area (Å²) in [4.78, 5) is 24.8. The quantitative estimate of drug-likeness (QED) is 0.714. The summed E-state index contributed by atoms with van der Waals surface area (Å²) in [7, 11) is 0. The molecular weight excluding hydrogens is 352 g/mol. The monoisotopic (exact) mass is 369 g/mol. The highest BCUT2D eigenvalue weighted by molar-refractivity contribution is 6.01. The van der Waals surface area contributed by atoms with Gasteiger partial charge in [-0.1, -0.05) is 0 Å². The molecule has 8 heteroatoms. The normalized spacial score (nSPS) is 11.1. The molecule has 6 nitrogen and oxygen atoms in total. The van der Waals surface area contributed by atoms with Crippen molar-refractivity contribution >= 4 is 17.7 Å². The summed E-state index contributed by atoms with van der Waals surface area (Å²) in [6, 6.07) is 3.02. The molecule has 138 valence electrons. The second kappa shape index (κ2) is 7.45. The third kappa shape index (κ3) is 4.05. The highest BCUT2D eigenvalue weighted by atomic mass is 19.1. The molecule has 0 saturated carbocycles. The Bertz CT molecular complexity index is 1030. The van der Waals surface area contributed by atoms with E-state index in [4.69, 9.17) is 0 Å². The molecule has 1 aromatic carbocycles. The number of imidazole rings is 1. The van der Waals surface area contributed by atoms with Gasteiger partial charge >= 0.3 is 0 Å². The molecule has 3 aromatic rings. The number of nitrogens with one attached hydrogen (secondary N) is 1.